The van der Waals surface area contributed by atoms with Crippen LogP contribution in [0.25, 0.3) is 10.9 Å². The van der Waals surface area contributed by atoms with Gasteiger partial charge in [-0.15, -0.1) is 0 Å². The molecule has 0 spiro atoms. The first-order valence-electron chi connectivity index (χ1n) is 10.8. The second-order valence-corrected chi connectivity index (χ2v) is 7.99. The fraction of sp³-hybridized carbons (Fsp3) is 0.348. The molecule has 1 aromatic heterocycles. The Labute approximate surface area is 212 Å². The van der Waals surface area contributed by atoms with Crippen molar-refractivity contribution < 1.29 is 50.9 Å². The predicted octanol–water partition coefficient (Wildman–Crippen LogP) is 4.52. The molecule has 2 aromatic carbocycles. The average Bonchev–Trinajstić information content (AvgIpc) is 3.48. The number of nitrogens with one attached hydrogen (secondary N) is 2. The molecule has 1 atom stereocenters. The number of carboxylic acid groups (broad SMARTS) is 2. The highest BCUT2D eigenvalue weighted by Crippen LogP contribution is 2.22. The number of carboxylic acids is 2. The normalized spacial score (nSPS) is 15.6. The van der Waals surface area contributed by atoms with E-state index in [4.69, 9.17) is 24.5 Å². The number of aromatic nitrogens is 2. The van der Waals surface area contributed by atoms with Crippen molar-refractivity contribution in [2.24, 2.45) is 0 Å². The van der Waals surface area contributed by atoms with Gasteiger partial charge in [0.25, 0.3) is 0 Å². The molecular formula is C23H24F6N4O5. The number of benzene rings is 2. The summed E-state index contributed by atoms with van der Waals surface area (Å²) in [6.45, 7) is 3.18. The zero-order valence-corrected chi connectivity index (χ0v) is 19.8. The van der Waals surface area contributed by atoms with Gasteiger partial charge >= 0.3 is 24.3 Å². The number of anilines is 1. The molecule has 4 N–H and O–H groups in total. The first-order chi connectivity index (χ1) is 17.7. The summed E-state index contributed by atoms with van der Waals surface area (Å²) in [5.74, 6) is -4.60. The van der Waals surface area contributed by atoms with Crippen LogP contribution < -0.4 is 10.1 Å². The zero-order chi connectivity index (χ0) is 28.5. The van der Waals surface area contributed by atoms with Crippen molar-refractivity contribution >= 4 is 28.5 Å². The minimum absolute atomic E-state index is 0.493. The Kier molecular flexibility index (Phi) is 10.3. The van der Waals surface area contributed by atoms with Gasteiger partial charge in [-0.05, 0) is 42.3 Å². The molecule has 1 fully saturated rings. The van der Waals surface area contributed by atoms with Crippen LogP contribution >= 0.6 is 0 Å². The van der Waals surface area contributed by atoms with E-state index in [1.807, 2.05) is 18.3 Å². The molecule has 2 heterocycles. The number of carbonyl (C=O) groups is 2. The molecule has 1 aliphatic rings. The van der Waals surface area contributed by atoms with Crippen molar-refractivity contribution in [2.75, 3.05) is 25.5 Å². The quantitative estimate of drug-likeness (QED) is 0.342. The minimum Gasteiger partial charge on any atom is -0.497 e. The molecule has 1 unspecified atom stereocenters. The number of alkyl halides is 6. The van der Waals surface area contributed by atoms with Crippen molar-refractivity contribution in [2.45, 2.75) is 31.4 Å². The highest BCUT2D eigenvalue weighted by molar-refractivity contribution is 5.81. The van der Waals surface area contributed by atoms with Gasteiger partial charge in [0, 0.05) is 36.7 Å². The summed E-state index contributed by atoms with van der Waals surface area (Å²) in [6.07, 6.45) is -7.13. The molecule has 0 saturated carbocycles. The van der Waals surface area contributed by atoms with Crippen LogP contribution in [0.2, 0.25) is 0 Å². The zero-order valence-electron chi connectivity index (χ0n) is 19.8. The van der Waals surface area contributed by atoms with Crippen LogP contribution in [0.1, 0.15) is 12.0 Å². The number of fused-ring (bicyclic) bond motifs is 1. The molecular weight excluding hydrogens is 526 g/mol. The molecule has 4 rings (SSSR count). The number of methoxy groups -OCH3 is 1. The average molecular weight is 550 g/mol. The minimum atomic E-state index is -5.08. The Morgan fingerprint density at radius 2 is 1.63 bits per heavy atom. The van der Waals surface area contributed by atoms with Crippen LogP contribution in [0.15, 0.2) is 48.7 Å². The molecule has 0 bridgehead atoms. The highest BCUT2D eigenvalue weighted by atomic mass is 19.4. The largest absolute Gasteiger partial charge is 0.497 e. The van der Waals surface area contributed by atoms with Crippen LogP contribution in [0.3, 0.4) is 0 Å². The maximum atomic E-state index is 10.6. The second kappa shape index (κ2) is 13.0. The van der Waals surface area contributed by atoms with Crippen molar-refractivity contribution in [3.8, 4) is 5.75 Å². The highest BCUT2D eigenvalue weighted by Gasteiger charge is 2.38. The number of nitrogens with zero attached hydrogens (tertiary/aromatic N) is 2. The molecule has 3 aromatic rings. The number of hydrogen-bond donors (Lipinski definition) is 4. The summed E-state index contributed by atoms with van der Waals surface area (Å²) in [6, 6.07) is 15.2. The van der Waals surface area contributed by atoms with E-state index in [1.54, 1.807) is 7.11 Å². The van der Waals surface area contributed by atoms with Gasteiger partial charge in [-0.25, -0.2) is 9.59 Å². The van der Waals surface area contributed by atoms with Crippen molar-refractivity contribution in [3.05, 3.63) is 54.2 Å². The van der Waals surface area contributed by atoms with Crippen LogP contribution in [-0.2, 0) is 16.1 Å². The van der Waals surface area contributed by atoms with E-state index in [9.17, 15) is 26.3 Å². The van der Waals surface area contributed by atoms with Gasteiger partial charge in [0.2, 0.25) is 0 Å². The first-order valence-corrected chi connectivity index (χ1v) is 10.8. The van der Waals surface area contributed by atoms with E-state index < -0.39 is 24.3 Å². The Balaban J connectivity index is 0.000000301. The number of aliphatic carboxylic acids is 2. The maximum absolute atomic E-state index is 10.6. The summed E-state index contributed by atoms with van der Waals surface area (Å²) in [5, 5.41) is 26.1. The predicted molar refractivity (Wildman–Crippen MR) is 124 cm³/mol. The molecule has 0 radical (unpaired) electrons. The monoisotopic (exact) mass is 550 g/mol. The van der Waals surface area contributed by atoms with E-state index in [-0.39, 0.29) is 0 Å². The van der Waals surface area contributed by atoms with Gasteiger partial charge in [0.05, 0.1) is 18.8 Å². The topological polar surface area (TPSA) is 128 Å². The van der Waals surface area contributed by atoms with Gasteiger partial charge in [-0.2, -0.15) is 31.4 Å². The lowest BCUT2D eigenvalue weighted by atomic mass is 10.2. The molecule has 0 amide bonds. The number of ether oxygens (including phenoxy) is 1. The van der Waals surface area contributed by atoms with Crippen molar-refractivity contribution in [1.82, 2.24) is 15.1 Å². The summed E-state index contributed by atoms with van der Waals surface area (Å²) < 4.78 is 68.7. The van der Waals surface area contributed by atoms with Crippen LogP contribution in [0.4, 0.5) is 32.0 Å². The van der Waals surface area contributed by atoms with Gasteiger partial charge in [-0.1, -0.05) is 12.1 Å². The van der Waals surface area contributed by atoms with Crippen molar-refractivity contribution in [1.29, 1.82) is 0 Å². The lowest BCUT2D eigenvalue weighted by Crippen LogP contribution is -2.25. The van der Waals surface area contributed by atoms with Gasteiger partial charge < -0.3 is 20.3 Å². The number of hydrogen-bond acceptors (Lipinski definition) is 6. The number of halogens is 6. The Hall–Kier alpha value is -4.01. The van der Waals surface area contributed by atoms with E-state index >= 15 is 0 Å². The Bertz CT molecular complexity index is 1170. The third kappa shape index (κ3) is 9.80. The second-order valence-electron chi connectivity index (χ2n) is 7.99. The third-order valence-corrected chi connectivity index (χ3v) is 5.13. The fourth-order valence-electron chi connectivity index (χ4n) is 3.35. The van der Waals surface area contributed by atoms with Gasteiger partial charge in [-0.3, -0.25) is 10.00 Å². The molecule has 9 nitrogen and oxygen atoms in total. The van der Waals surface area contributed by atoms with E-state index in [0.717, 1.165) is 36.3 Å². The Morgan fingerprint density at radius 3 is 2.16 bits per heavy atom. The molecule has 0 aliphatic carbocycles. The molecule has 38 heavy (non-hydrogen) atoms. The maximum Gasteiger partial charge on any atom is 0.490 e. The van der Waals surface area contributed by atoms with Crippen LogP contribution in [-0.4, -0.2) is 75.8 Å². The fourth-order valence-corrected chi connectivity index (χ4v) is 3.35. The molecule has 1 aliphatic heterocycles. The lowest BCUT2D eigenvalue weighted by Gasteiger charge is -2.17. The summed E-state index contributed by atoms with van der Waals surface area (Å²) in [5.41, 5.74) is 3.57. The summed E-state index contributed by atoms with van der Waals surface area (Å²) in [4.78, 5) is 20.3. The van der Waals surface area contributed by atoms with E-state index in [0.29, 0.717) is 6.04 Å². The van der Waals surface area contributed by atoms with E-state index in [2.05, 4.69) is 50.7 Å². The number of likely N-dealkylation sites (tertiary alicyclic amines) is 1. The number of rotatable bonds is 5. The summed E-state index contributed by atoms with van der Waals surface area (Å²) >= 11 is 0. The third-order valence-electron chi connectivity index (χ3n) is 5.13. The van der Waals surface area contributed by atoms with E-state index in [1.165, 1.54) is 17.7 Å². The van der Waals surface area contributed by atoms with Crippen LogP contribution in [0.5, 0.6) is 5.75 Å². The lowest BCUT2D eigenvalue weighted by molar-refractivity contribution is -0.193. The molecule has 15 heteroatoms. The smallest absolute Gasteiger partial charge is 0.490 e. The first kappa shape index (κ1) is 30.2. The number of H-pyrrole nitrogens is 1. The van der Waals surface area contributed by atoms with Gasteiger partial charge in [0.15, 0.2) is 0 Å². The summed E-state index contributed by atoms with van der Waals surface area (Å²) in [7, 11) is 1.70. The van der Waals surface area contributed by atoms with Crippen LogP contribution in [0, 0.1) is 0 Å². The standard InChI is InChI=1S/C19H22N4O.2C2HF3O2/c1-24-18-5-2-14(3-6-18)12-23-9-8-17(13-23)21-16-4-7-19-15(10-16)11-20-22-19;2*3-2(4,5)1(6)7/h2-7,10-11,17,21H,8-9,12-13H2,1H3,(H,20,22);2*(H,6,7). The number of aromatic amines is 1. The molecule has 1 saturated heterocycles. The Morgan fingerprint density at radius 1 is 1.05 bits per heavy atom. The van der Waals surface area contributed by atoms with Crippen molar-refractivity contribution in [3.63, 3.8) is 0 Å². The SMILES string of the molecule is COc1ccc(CN2CCC(Nc3ccc4[nH]ncc4c3)C2)cc1.O=C(O)C(F)(F)F.O=C(O)C(F)(F)F. The van der Waals surface area contributed by atoms with Gasteiger partial charge in [0.1, 0.15) is 5.75 Å². The molecule has 208 valence electrons.